The van der Waals surface area contributed by atoms with Gasteiger partial charge in [-0.2, -0.15) is 0 Å². The van der Waals surface area contributed by atoms with E-state index in [9.17, 15) is 4.79 Å². The van der Waals surface area contributed by atoms with Crippen LogP contribution in [0.5, 0.6) is 0 Å². The van der Waals surface area contributed by atoms with Crippen molar-refractivity contribution in [1.82, 2.24) is 9.38 Å². The number of hydrogen-bond donors (Lipinski definition) is 0. The van der Waals surface area contributed by atoms with Gasteiger partial charge in [0.1, 0.15) is 5.65 Å². The van der Waals surface area contributed by atoms with Gasteiger partial charge in [0, 0.05) is 23.5 Å². The van der Waals surface area contributed by atoms with Crippen LogP contribution in [0.3, 0.4) is 0 Å². The summed E-state index contributed by atoms with van der Waals surface area (Å²) in [6, 6.07) is 19.9. The molecule has 0 fully saturated rings. The van der Waals surface area contributed by atoms with Crippen LogP contribution in [-0.2, 0) is 0 Å². The van der Waals surface area contributed by atoms with Crippen molar-refractivity contribution in [3.8, 4) is 22.4 Å². The van der Waals surface area contributed by atoms with E-state index in [0.29, 0.717) is 0 Å². The summed E-state index contributed by atoms with van der Waals surface area (Å²) in [5, 5.41) is 0. The van der Waals surface area contributed by atoms with E-state index in [2.05, 4.69) is 11.1 Å². The number of ketones is 1. The summed E-state index contributed by atoms with van der Waals surface area (Å²) >= 11 is 0. The number of aromatic nitrogens is 2. The number of rotatable bonds is 1. The van der Waals surface area contributed by atoms with Crippen LogP contribution in [0.1, 0.15) is 15.9 Å². The molecule has 0 spiro atoms. The van der Waals surface area contributed by atoms with Gasteiger partial charge >= 0.3 is 0 Å². The molecule has 0 saturated carbocycles. The van der Waals surface area contributed by atoms with Crippen LogP contribution < -0.4 is 0 Å². The molecule has 0 amide bonds. The smallest absolute Gasteiger partial charge is 0.194 e. The van der Waals surface area contributed by atoms with Crippen LogP contribution in [-0.4, -0.2) is 15.2 Å². The lowest BCUT2D eigenvalue weighted by atomic mass is 10.0. The van der Waals surface area contributed by atoms with Crippen molar-refractivity contribution in [3.63, 3.8) is 0 Å². The van der Waals surface area contributed by atoms with E-state index in [0.717, 1.165) is 39.2 Å². The third-order valence-corrected chi connectivity index (χ3v) is 4.45. The van der Waals surface area contributed by atoms with E-state index in [1.807, 2.05) is 65.2 Å². The Kier molecular flexibility index (Phi) is 2.36. The molecule has 0 aliphatic heterocycles. The Bertz CT molecular complexity index is 1090. The van der Waals surface area contributed by atoms with Gasteiger partial charge in [-0.15, -0.1) is 0 Å². The molecular formula is C20H12N2O. The van der Waals surface area contributed by atoms with Crippen LogP contribution >= 0.6 is 0 Å². The Morgan fingerprint density at radius 3 is 2.52 bits per heavy atom. The number of carbonyl (C=O) groups excluding carboxylic acids is 1. The van der Waals surface area contributed by atoms with Gasteiger partial charge in [-0.25, -0.2) is 4.98 Å². The van der Waals surface area contributed by atoms with Crippen molar-refractivity contribution >= 4 is 11.4 Å². The number of imidazole rings is 1. The van der Waals surface area contributed by atoms with Gasteiger partial charge in [-0.05, 0) is 34.9 Å². The van der Waals surface area contributed by atoms with Crippen molar-refractivity contribution in [2.24, 2.45) is 0 Å². The summed E-state index contributed by atoms with van der Waals surface area (Å²) in [5.74, 6) is 0.107. The summed E-state index contributed by atoms with van der Waals surface area (Å²) in [6.07, 6.45) is 3.72. The molecule has 4 aromatic rings. The molecular weight excluding hydrogens is 284 g/mol. The number of nitrogens with zero attached hydrogens (tertiary/aromatic N) is 2. The Morgan fingerprint density at radius 1 is 0.783 bits per heavy atom. The molecule has 23 heavy (non-hydrogen) atoms. The highest BCUT2D eigenvalue weighted by atomic mass is 16.1. The first-order valence-electron chi connectivity index (χ1n) is 7.53. The van der Waals surface area contributed by atoms with Gasteiger partial charge in [0.2, 0.25) is 0 Å². The van der Waals surface area contributed by atoms with Crippen LogP contribution in [0.15, 0.2) is 73.1 Å². The fraction of sp³-hybridized carbons (Fsp3) is 0. The second-order valence-electron chi connectivity index (χ2n) is 5.70. The quantitative estimate of drug-likeness (QED) is 0.464. The Balaban J connectivity index is 1.75. The maximum atomic E-state index is 12.7. The molecule has 1 aliphatic rings. The fourth-order valence-corrected chi connectivity index (χ4v) is 3.37. The molecule has 2 heterocycles. The van der Waals surface area contributed by atoms with E-state index in [1.54, 1.807) is 6.20 Å². The van der Waals surface area contributed by atoms with Crippen LogP contribution in [0.2, 0.25) is 0 Å². The molecule has 5 rings (SSSR count). The topological polar surface area (TPSA) is 34.4 Å². The summed E-state index contributed by atoms with van der Waals surface area (Å²) in [5.41, 5.74) is 6.58. The summed E-state index contributed by atoms with van der Waals surface area (Å²) in [6.45, 7) is 0. The zero-order valence-electron chi connectivity index (χ0n) is 12.2. The van der Waals surface area contributed by atoms with Gasteiger partial charge in [0.25, 0.3) is 0 Å². The molecule has 108 valence electrons. The van der Waals surface area contributed by atoms with Crippen LogP contribution in [0.25, 0.3) is 28.0 Å². The summed E-state index contributed by atoms with van der Waals surface area (Å²) < 4.78 is 2.04. The summed E-state index contributed by atoms with van der Waals surface area (Å²) in [4.78, 5) is 17.0. The molecule has 0 N–H and O–H groups in total. The van der Waals surface area contributed by atoms with Crippen molar-refractivity contribution in [2.75, 3.05) is 0 Å². The highest BCUT2D eigenvalue weighted by Gasteiger charge is 2.26. The van der Waals surface area contributed by atoms with E-state index < -0.39 is 0 Å². The zero-order valence-corrected chi connectivity index (χ0v) is 12.2. The molecule has 0 unspecified atom stereocenters. The molecule has 0 atom stereocenters. The third-order valence-electron chi connectivity index (χ3n) is 4.45. The van der Waals surface area contributed by atoms with Crippen LogP contribution in [0, 0.1) is 0 Å². The number of pyridine rings is 1. The maximum absolute atomic E-state index is 12.7. The number of benzene rings is 2. The van der Waals surface area contributed by atoms with Gasteiger partial charge in [0.05, 0.1) is 5.69 Å². The average Bonchev–Trinajstić information content (AvgIpc) is 3.19. The first kappa shape index (κ1) is 12.4. The predicted molar refractivity (Wildman–Crippen MR) is 89.5 cm³/mol. The second kappa shape index (κ2) is 4.40. The van der Waals surface area contributed by atoms with Crippen molar-refractivity contribution in [2.45, 2.75) is 0 Å². The molecule has 3 nitrogen and oxygen atoms in total. The third kappa shape index (κ3) is 1.64. The normalized spacial score (nSPS) is 12.4. The van der Waals surface area contributed by atoms with Crippen molar-refractivity contribution in [3.05, 3.63) is 84.2 Å². The minimum Gasteiger partial charge on any atom is -0.300 e. The Morgan fingerprint density at radius 2 is 1.61 bits per heavy atom. The van der Waals surface area contributed by atoms with Gasteiger partial charge < -0.3 is 0 Å². The Hall–Kier alpha value is -3.20. The summed E-state index contributed by atoms with van der Waals surface area (Å²) in [7, 11) is 0. The zero-order chi connectivity index (χ0) is 15.4. The van der Waals surface area contributed by atoms with Crippen molar-refractivity contribution < 1.29 is 4.79 Å². The van der Waals surface area contributed by atoms with Gasteiger partial charge in [-0.3, -0.25) is 9.20 Å². The van der Waals surface area contributed by atoms with E-state index >= 15 is 0 Å². The monoisotopic (exact) mass is 296 g/mol. The van der Waals surface area contributed by atoms with E-state index in [4.69, 9.17) is 0 Å². The lowest BCUT2D eigenvalue weighted by molar-refractivity contribution is 0.104. The Labute approximate surface area is 132 Å². The fourth-order valence-electron chi connectivity index (χ4n) is 3.37. The SMILES string of the molecule is O=C1c2ccccc2-c2ccc(-c3cccc4nccn34)cc21. The van der Waals surface area contributed by atoms with E-state index in [-0.39, 0.29) is 5.78 Å². The van der Waals surface area contributed by atoms with Crippen molar-refractivity contribution in [1.29, 1.82) is 0 Å². The number of hydrogen-bond acceptors (Lipinski definition) is 2. The second-order valence-corrected chi connectivity index (χ2v) is 5.70. The lowest BCUT2D eigenvalue weighted by Gasteiger charge is -2.07. The average molecular weight is 296 g/mol. The van der Waals surface area contributed by atoms with Crippen LogP contribution in [0.4, 0.5) is 0 Å². The maximum Gasteiger partial charge on any atom is 0.194 e. The van der Waals surface area contributed by atoms with Gasteiger partial charge in [0.15, 0.2) is 5.78 Å². The first-order valence-corrected chi connectivity index (χ1v) is 7.53. The molecule has 2 aromatic carbocycles. The molecule has 3 heteroatoms. The number of carbonyl (C=O) groups is 1. The molecule has 0 saturated heterocycles. The highest BCUT2D eigenvalue weighted by Crippen LogP contribution is 2.38. The highest BCUT2D eigenvalue weighted by molar-refractivity contribution is 6.22. The number of fused-ring (bicyclic) bond motifs is 4. The molecule has 2 aromatic heterocycles. The minimum absolute atomic E-state index is 0.107. The first-order chi connectivity index (χ1) is 11.3. The minimum atomic E-state index is 0.107. The predicted octanol–water partition coefficient (Wildman–Crippen LogP) is 4.21. The molecule has 0 bridgehead atoms. The molecule has 0 radical (unpaired) electrons. The van der Waals surface area contributed by atoms with E-state index in [1.165, 1.54) is 0 Å². The van der Waals surface area contributed by atoms with Gasteiger partial charge in [-0.1, -0.05) is 42.5 Å². The lowest BCUT2D eigenvalue weighted by Crippen LogP contribution is -1.96. The largest absolute Gasteiger partial charge is 0.300 e. The molecule has 1 aliphatic carbocycles. The standard InChI is InChI=1S/C20H12N2O/c23-20-16-5-2-1-4-14(16)15-9-8-13(12-17(15)20)18-6-3-7-19-21-10-11-22(18)19/h1-12H.